The van der Waals surface area contributed by atoms with E-state index < -0.39 is 29.4 Å². The van der Waals surface area contributed by atoms with E-state index in [1.165, 1.54) is 0 Å². The fraction of sp³-hybridized carbons (Fsp3) is 0.333. The average Bonchev–Trinajstić information content (AvgIpc) is 2.61. The smallest absolute Gasteiger partial charge is 0.241 e. The molecule has 7 heteroatoms. The average molecular weight is 349 g/mol. The molecular formula is C18H18F3N3O. The van der Waals surface area contributed by atoms with Gasteiger partial charge < -0.3 is 5.32 Å². The SMILES string of the molecule is O=C(Nc1cc(F)c(F)cc1F)C1CCCCN1Cc1cccnc1. The number of nitrogens with zero attached hydrogens (tertiary/aromatic N) is 2. The molecule has 1 fully saturated rings. The Labute approximate surface area is 143 Å². The molecule has 0 aliphatic carbocycles. The minimum absolute atomic E-state index is 0.351. The van der Waals surface area contributed by atoms with E-state index in [9.17, 15) is 18.0 Å². The maximum absolute atomic E-state index is 13.8. The molecule has 0 bridgehead atoms. The Bertz CT molecular complexity index is 755. The van der Waals surface area contributed by atoms with Gasteiger partial charge in [-0.05, 0) is 31.0 Å². The molecule has 3 rings (SSSR count). The predicted octanol–water partition coefficient (Wildman–Crippen LogP) is 3.49. The molecule has 132 valence electrons. The Kier molecular flexibility index (Phi) is 5.33. The van der Waals surface area contributed by atoms with Crippen LogP contribution in [0.3, 0.4) is 0 Å². The Hall–Kier alpha value is -2.41. The number of hydrogen-bond donors (Lipinski definition) is 1. The maximum Gasteiger partial charge on any atom is 0.241 e. The van der Waals surface area contributed by atoms with E-state index in [-0.39, 0.29) is 5.69 Å². The van der Waals surface area contributed by atoms with Crippen molar-refractivity contribution >= 4 is 11.6 Å². The van der Waals surface area contributed by atoms with Gasteiger partial charge in [-0.1, -0.05) is 12.5 Å². The summed E-state index contributed by atoms with van der Waals surface area (Å²) in [5.74, 6) is -3.91. The van der Waals surface area contributed by atoms with Crippen molar-refractivity contribution in [2.75, 3.05) is 11.9 Å². The van der Waals surface area contributed by atoms with Gasteiger partial charge in [0.1, 0.15) is 5.82 Å². The highest BCUT2D eigenvalue weighted by Gasteiger charge is 2.29. The summed E-state index contributed by atoms with van der Waals surface area (Å²) in [6.45, 7) is 1.28. The van der Waals surface area contributed by atoms with Crippen molar-refractivity contribution < 1.29 is 18.0 Å². The van der Waals surface area contributed by atoms with Crippen LogP contribution in [0.2, 0.25) is 0 Å². The summed E-state index contributed by atoms with van der Waals surface area (Å²) in [6, 6.07) is 4.38. The third-order valence-electron chi connectivity index (χ3n) is 4.29. The zero-order valence-corrected chi connectivity index (χ0v) is 13.5. The molecule has 1 unspecified atom stereocenters. The van der Waals surface area contributed by atoms with Gasteiger partial charge in [-0.2, -0.15) is 0 Å². The number of nitrogens with one attached hydrogen (secondary N) is 1. The summed E-state index contributed by atoms with van der Waals surface area (Å²) < 4.78 is 40.1. The Morgan fingerprint density at radius 2 is 2.00 bits per heavy atom. The molecule has 0 spiro atoms. The van der Waals surface area contributed by atoms with Crippen LogP contribution in [0, 0.1) is 17.5 Å². The van der Waals surface area contributed by atoms with Crippen molar-refractivity contribution in [1.29, 1.82) is 0 Å². The predicted molar refractivity (Wildman–Crippen MR) is 87.2 cm³/mol. The first-order valence-electron chi connectivity index (χ1n) is 8.13. The summed E-state index contributed by atoms with van der Waals surface area (Å²) >= 11 is 0. The van der Waals surface area contributed by atoms with Crippen LogP contribution >= 0.6 is 0 Å². The van der Waals surface area contributed by atoms with Crippen molar-refractivity contribution in [2.24, 2.45) is 0 Å². The normalized spacial score (nSPS) is 18.1. The van der Waals surface area contributed by atoms with E-state index in [4.69, 9.17) is 0 Å². The zero-order chi connectivity index (χ0) is 17.8. The van der Waals surface area contributed by atoms with E-state index in [2.05, 4.69) is 10.3 Å². The van der Waals surface area contributed by atoms with Gasteiger partial charge in [0.15, 0.2) is 11.6 Å². The second-order valence-corrected chi connectivity index (χ2v) is 6.08. The lowest BCUT2D eigenvalue weighted by molar-refractivity contribution is -0.122. The van der Waals surface area contributed by atoms with Gasteiger partial charge in [0.05, 0.1) is 11.7 Å². The van der Waals surface area contributed by atoms with Gasteiger partial charge in [-0.3, -0.25) is 14.7 Å². The first-order chi connectivity index (χ1) is 12.0. The van der Waals surface area contributed by atoms with Gasteiger partial charge in [-0.25, -0.2) is 13.2 Å². The van der Waals surface area contributed by atoms with Crippen LogP contribution in [0.5, 0.6) is 0 Å². The molecule has 25 heavy (non-hydrogen) atoms. The molecule has 1 amide bonds. The lowest BCUT2D eigenvalue weighted by Gasteiger charge is -2.34. The topological polar surface area (TPSA) is 45.2 Å². The summed E-state index contributed by atoms with van der Waals surface area (Å²) in [4.78, 5) is 18.6. The molecule has 4 nitrogen and oxygen atoms in total. The summed E-state index contributed by atoms with van der Waals surface area (Å²) in [5.41, 5.74) is 0.622. The molecular weight excluding hydrogens is 331 g/mol. The molecule has 0 radical (unpaired) electrons. The molecule has 2 aromatic rings. The van der Waals surface area contributed by atoms with Crippen LogP contribution in [-0.2, 0) is 11.3 Å². The van der Waals surface area contributed by atoms with E-state index in [1.54, 1.807) is 12.4 Å². The number of piperidine rings is 1. The number of carbonyl (C=O) groups is 1. The number of rotatable bonds is 4. The van der Waals surface area contributed by atoms with Crippen molar-refractivity contribution in [3.05, 3.63) is 59.7 Å². The van der Waals surface area contributed by atoms with Crippen LogP contribution in [0.15, 0.2) is 36.7 Å². The fourth-order valence-electron chi connectivity index (χ4n) is 3.04. The second-order valence-electron chi connectivity index (χ2n) is 6.08. The monoisotopic (exact) mass is 349 g/mol. The summed E-state index contributed by atoms with van der Waals surface area (Å²) in [5, 5.41) is 2.39. The first kappa shape index (κ1) is 17.4. The Morgan fingerprint density at radius 3 is 2.76 bits per heavy atom. The standard InChI is InChI=1S/C18H18F3N3O/c19-13-8-15(21)16(9-14(13)20)23-18(25)17-5-1-2-7-24(17)11-12-4-3-6-22-10-12/h3-4,6,8-10,17H,1-2,5,7,11H2,(H,23,25). The van der Waals surface area contributed by atoms with E-state index in [0.29, 0.717) is 25.1 Å². The number of likely N-dealkylation sites (tertiary alicyclic amines) is 1. The minimum atomic E-state index is -1.29. The highest BCUT2D eigenvalue weighted by Crippen LogP contribution is 2.23. The highest BCUT2D eigenvalue weighted by molar-refractivity contribution is 5.95. The van der Waals surface area contributed by atoms with Crippen LogP contribution in [0.4, 0.5) is 18.9 Å². The third-order valence-corrected chi connectivity index (χ3v) is 4.29. The molecule has 1 atom stereocenters. The lowest BCUT2D eigenvalue weighted by Crippen LogP contribution is -2.46. The molecule has 2 heterocycles. The molecule has 1 saturated heterocycles. The second kappa shape index (κ2) is 7.65. The van der Waals surface area contributed by atoms with E-state index in [1.807, 2.05) is 17.0 Å². The van der Waals surface area contributed by atoms with Gasteiger partial charge >= 0.3 is 0 Å². The number of benzene rings is 1. The number of amides is 1. The van der Waals surface area contributed by atoms with Gasteiger partial charge in [0, 0.05) is 31.1 Å². The van der Waals surface area contributed by atoms with Crippen molar-refractivity contribution in [1.82, 2.24) is 9.88 Å². The highest BCUT2D eigenvalue weighted by atomic mass is 19.2. The van der Waals surface area contributed by atoms with Crippen LogP contribution in [0.1, 0.15) is 24.8 Å². The van der Waals surface area contributed by atoms with Crippen LogP contribution in [-0.4, -0.2) is 28.4 Å². The maximum atomic E-state index is 13.8. The van der Waals surface area contributed by atoms with Gasteiger partial charge in [-0.15, -0.1) is 0 Å². The third kappa shape index (κ3) is 4.17. The quantitative estimate of drug-likeness (QED) is 0.860. The van der Waals surface area contributed by atoms with E-state index in [0.717, 1.165) is 24.9 Å². The van der Waals surface area contributed by atoms with Gasteiger partial charge in [0.2, 0.25) is 5.91 Å². The summed E-state index contributed by atoms with van der Waals surface area (Å²) in [6.07, 6.45) is 5.87. The molecule has 1 aliphatic heterocycles. The number of halogens is 3. The molecule has 1 N–H and O–H groups in total. The minimum Gasteiger partial charge on any atom is -0.322 e. The largest absolute Gasteiger partial charge is 0.322 e. The van der Waals surface area contributed by atoms with Crippen molar-refractivity contribution in [3.63, 3.8) is 0 Å². The molecule has 1 aliphatic rings. The Morgan fingerprint density at radius 1 is 1.20 bits per heavy atom. The van der Waals surface area contributed by atoms with Crippen molar-refractivity contribution in [2.45, 2.75) is 31.8 Å². The van der Waals surface area contributed by atoms with E-state index >= 15 is 0 Å². The zero-order valence-electron chi connectivity index (χ0n) is 13.5. The fourth-order valence-corrected chi connectivity index (χ4v) is 3.04. The number of carbonyl (C=O) groups excluding carboxylic acids is 1. The first-order valence-corrected chi connectivity index (χ1v) is 8.13. The number of aromatic nitrogens is 1. The summed E-state index contributed by atoms with van der Waals surface area (Å²) in [7, 11) is 0. The number of anilines is 1. The van der Waals surface area contributed by atoms with Crippen LogP contribution < -0.4 is 5.32 Å². The molecule has 1 aromatic carbocycles. The van der Waals surface area contributed by atoms with Gasteiger partial charge in [0.25, 0.3) is 0 Å². The van der Waals surface area contributed by atoms with Crippen LogP contribution in [0.25, 0.3) is 0 Å². The molecule has 0 saturated carbocycles. The number of pyridine rings is 1. The van der Waals surface area contributed by atoms with Crippen molar-refractivity contribution in [3.8, 4) is 0 Å². The molecule has 1 aromatic heterocycles. The Balaban J connectivity index is 1.74. The number of hydrogen-bond acceptors (Lipinski definition) is 3. The lowest BCUT2D eigenvalue weighted by atomic mass is 10.0.